The highest BCUT2D eigenvalue weighted by atomic mass is 79.9. The molecule has 0 aliphatic rings. The van der Waals surface area contributed by atoms with Crippen LogP contribution in [-0.2, 0) is 0 Å². The molecule has 0 aliphatic heterocycles. The maximum absolute atomic E-state index is 6.37. The van der Waals surface area contributed by atoms with E-state index in [0.717, 1.165) is 29.9 Å². The highest BCUT2D eigenvalue weighted by Crippen LogP contribution is 2.39. The van der Waals surface area contributed by atoms with Gasteiger partial charge in [-0.05, 0) is 62.2 Å². The van der Waals surface area contributed by atoms with Gasteiger partial charge in [-0.1, -0.05) is 40.5 Å². The Labute approximate surface area is 147 Å². The molecule has 1 N–H and O–H groups in total. The molecule has 1 atom stereocenters. The fourth-order valence-corrected chi connectivity index (χ4v) is 4.78. The van der Waals surface area contributed by atoms with Crippen LogP contribution < -0.4 is 5.32 Å². The molecule has 19 heavy (non-hydrogen) atoms. The summed E-state index contributed by atoms with van der Waals surface area (Å²) in [4.78, 5) is 1.23. The first-order valence-electron chi connectivity index (χ1n) is 5.66. The monoisotopic (exact) mass is 485 g/mol. The molecule has 1 aromatic carbocycles. The van der Waals surface area contributed by atoms with Crippen molar-refractivity contribution in [3.8, 4) is 0 Å². The zero-order valence-corrected chi connectivity index (χ0v) is 16.3. The lowest BCUT2D eigenvalue weighted by atomic mass is 10.1. The molecule has 0 aliphatic carbocycles. The van der Waals surface area contributed by atoms with E-state index >= 15 is 0 Å². The van der Waals surface area contributed by atoms with Crippen LogP contribution >= 0.6 is 70.7 Å². The number of rotatable bonds is 4. The minimum Gasteiger partial charge on any atom is -0.306 e. The topological polar surface area (TPSA) is 12.0 Å². The zero-order chi connectivity index (χ0) is 14.0. The molecular formula is C13H11Br3ClNS. The van der Waals surface area contributed by atoms with Gasteiger partial charge in [0.05, 0.1) is 9.83 Å². The third-order valence-corrected chi connectivity index (χ3v) is 6.77. The van der Waals surface area contributed by atoms with Crippen LogP contribution in [0.15, 0.2) is 37.0 Å². The predicted molar refractivity (Wildman–Crippen MR) is 94.4 cm³/mol. The second kappa shape index (κ2) is 7.05. The molecule has 1 aromatic heterocycles. The van der Waals surface area contributed by atoms with Gasteiger partial charge in [0.15, 0.2) is 0 Å². The van der Waals surface area contributed by atoms with Gasteiger partial charge in [0.1, 0.15) is 0 Å². The van der Waals surface area contributed by atoms with Crippen LogP contribution in [0.2, 0.25) is 5.02 Å². The Kier molecular flexibility index (Phi) is 5.93. The van der Waals surface area contributed by atoms with Crippen molar-refractivity contribution >= 4 is 70.7 Å². The van der Waals surface area contributed by atoms with Gasteiger partial charge >= 0.3 is 0 Å². The molecular weight excluding hydrogens is 477 g/mol. The van der Waals surface area contributed by atoms with Gasteiger partial charge in [-0.25, -0.2) is 0 Å². The average Bonchev–Trinajstić information content (AvgIpc) is 2.67. The van der Waals surface area contributed by atoms with Crippen LogP contribution in [0.1, 0.15) is 23.4 Å². The first kappa shape index (κ1) is 16.0. The summed E-state index contributed by atoms with van der Waals surface area (Å²) < 4.78 is 3.16. The smallest absolute Gasteiger partial charge is 0.0843 e. The van der Waals surface area contributed by atoms with Gasteiger partial charge < -0.3 is 5.32 Å². The van der Waals surface area contributed by atoms with E-state index in [4.69, 9.17) is 11.6 Å². The highest BCUT2D eigenvalue weighted by Gasteiger charge is 2.19. The zero-order valence-electron chi connectivity index (χ0n) is 10.0. The van der Waals surface area contributed by atoms with E-state index in [9.17, 15) is 0 Å². The summed E-state index contributed by atoms with van der Waals surface area (Å²) in [6.45, 7) is 2.97. The van der Waals surface area contributed by atoms with Crippen LogP contribution in [0.25, 0.3) is 0 Å². The van der Waals surface area contributed by atoms with Crippen LogP contribution in [0.3, 0.4) is 0 Å². The third-order valence-electron chi connectivity index (χ3n) is 2.63. The molecule has 0 fully saturated rings. The SMILES string of the molecule is CCNC(c1cc(Br)c(Br)s1)c1ccc(Br)cc1Cl. The van der Waals surface area contributed by atoms with E-state index in [1.807, 2.05) is 12.1 Å². The van der Waals surface area contributed by atoms with Crippen molar-refractivity contribution in [2.24, 2.45) is 0 Å². The van der Waals surface area contributed by atoms with Gasteiger partial charge in [0.2, 0.25) is 0 Å². The Morgan fingerprint density at radius 1 is 1.26 bits per heavy atom. The molecule has 0 spiro atoms. The van der Waals surface area contributed by atoms with Crippen molar-refractivity contribution in [3.05, 3.63) is 52.5 Å². The molecule has 0 amide bonds. The molecule has 2 rings (SSSR count). The minimum atomic E-state index is 0.109. The van der Waals surface area contributed by atoms with Crippen molar-refractivity contribution in [1.29, 1.82) is 0 Å². The molecule has 0 bridgehead atoms. The number of benzene rings is 1. The molecule has 0 saturated heterocycles. The Morgan fingerprint density at radius 3 is 2.53 bits per heavy atom. The third kappa shape index (κ3) is 3.83. The van der Waals surface area contributed by atoms with Crippen molar-refractivity contribution in [2.45, 2.75) is 13.0 Å². The molecule has 102 valence electrons. The second-order valence-corrected chi connectivity index (χ2v) is 8.51. The summed E-state index contributed by atoms with van der Waals surface area (Å²) in [7, 11) is 0. The fourth-order valence-electron chi connectivity index (χ4n) is 1.81. The Hall–Kier alpha value is 0.610. The Balaban J connectivity index is 2.44. The predicted octanol–water partition coefficient (Wildman–Crippen LogP) is 6.39. The number of hydrogen-bond donors (Lipinski definition) is 1. The maximum Gasteiger partial charge on any atom is 0.0843 e. The first-order valence-corrected chi connectivity index (χ1v) is 9.23. The van der Waals surface area contributed by atoms with E-state index in [2.05, 4.69) is 72.2 Å². The normalized spacial score (nSPS) is 12.7. The van der Waals surface area contributed by atoms with Gasteiger partial charge in [0, 0.05) is 18.8 Å². The van der Waals surface area contributed by atoms with E-state index in [1.54, 1.807) is 11.3 Å². The summed E-state index contributed by atoms with van der Waals surface area (Å²) in [6, 6.07) is 8.24. The van der Waals surface area contributed by atoms with Crippen LogP contribution in [-0.4, -0.2) is 6.54 Å². The van der Waals surface area contributed by atoms with Crippen LogP contribution in [0.4, 0.5) is 0 Å². The van der Waals surface area contributed by atoms with Crippen LogP contribution in [0, 0.1) is 0 Å². The maximum atomic E-state index is 6.37. The van der Waals surface area contributed by atoms with E-state index < -0.39 is 0 Å². The van der Waals surface area contributed by atoms with Gasteiger partial charge in [-0.15, -0.1) is 11.3 Å². The van der Waals surface area contributed by atoms with Crippen LogP contribution in [0.5, 0.6) is 0 Å². The number of nitrogens with one attached hydrogen (secondary N) is 1. The Bertz CT molecular complexity index is 566. The largest absolute Gasteiger partial charge is 0.306 e. The molecule has 0 saturated carbocycles. The molecule has 6 heteroatoms. The summed E-state index contributed by atoms with van der Waals surface area (Å²) >= 11 is 18.6. The number of halogens is 4. The van der Waals surface area contributed by atoms with Crippen molar-refractivity contribution < 1.29 is 0 Å². The number of hydrogen-bond acceptors (Lipinski definition) is 2. The quantitative estimate of drug-likeness (QED) is 0.526. The summed E-state index contributed by atoms with van der Waals surface area (Å²) in [6.07, 6.45) is 0. The van der Waals surface area contributed by atoms with Crippen molar-refractivity contribution in [3.63, 3.8) is 0 Å². The lowest BCUT2D eigenvalue weighted by Crippen LogP contribution is -2.21. The first-order chi connectivity index (χ1) is 9.02. The molecule has 0 radical (unpaired) electrons. The molecule has 1 heterocycles. The molecule has 1 nitrogen and oxygen atoms in total. The van der Waals surface area contributed by atoms with Gasteiger partial charge in [-0.3, -0.25) is 0 Å². The lowest BCUT2D eigenvalue weighted by molar-refractivity contribution is 0.639. The lowest BCUT2D eigenvalue weighted by Gasteiger charge is -2.18. The average molecular weight is 488 g/mol. The Morgan fingerprint density at radius 2 is 2.00 bits per heavy atom. The van der Waals surface area contributed by atoms with E-state index in [0.29, 0.717) is 0 Å². The number of thiophene rings is 1. The molecule has 1 unspecified atom stereocenters. The molecule has 2 aromatic rings. The summed E-state index contributed by atoms with van der Waals surface area (Å²) in [5, 5.41) is 4.25. The summed E-state index contributed by atoms with van der Waals surface area (Å²) in [5.41, 5.74) is 1.09. The minimum absolute atomic E-state index is 0.109. The van der Waals surface area contributed by atoms with Gasteiger partial charge in [-0.2, -0.15) is 0 Å². The van der Waals surface area contributed by atoms with Crippen molar-refractivity contribution in [1.82, 2.24) is 5.32 Å². The van der Waals surface area contributed by atoms with E-state index in [1.165, 1.54) is 4.88 Å². The standard InChI is InChI=1S/C13H11Br3ClNS/c1-2-18-12(11-6-9(15)13(16)19-11)8-4-3-7(14)5-10(8)17/h3-6,12,18H,2H2,1H3. The van der Waals surface area contributed by atoms with Gasteiger partial charge in [0.25, 0.3) is 0 Å². The van der Waals surface area contributed by atoms with Crippen molar-refractivity contribution in [2.75, 3.05) is 6.54 Å². The fraction of sp³-hybridized carbons (Fsp3) is 0.231. The van der Waals surface area contributed by atoms with E-state index in [-0.39, 0.29) is 6.04 Å². The highest BCUT2D eigenvalue weighted by molar-refractivity contribution is 9.13. The second-order valence-electron chi connectivity index (χ2n) is 3.93. The summed E-state index contributed by atoms with van der Waals surface area (Å²) in [5.74, 6) is 0.